The zero-order valence-electron chi connectivity index (χ0n) is 9.79. The maximum atomic E-state index is 11.3. The van der Waals surface area contributed by atoms with Gasteiger partial charge in [0.2, 0.25) is 0 Å². The van der Waals surface area contributed by atoms with Crippen LogP contribution in [0.25, 0.3) is 0 Å². The van der Waals surface area contributed by atoms with Crippen LogP contribution in [0.4, 0.5) is 0 Å². The predicted molar refractivity (Wildman–Crippen MR) is 58.9 cm³/mol. The average molecular weight is 214 g/mol. The van der Waals surface area contributed by atoms with Crippen LogP contribution in [0.3, 0.4) is 0 Å². The zero-order valence-corrected chi connectivity index (χ0v) is 9.79. The normalized spacial score (nSPS) is 31.5. The van der Waals surface area contributed by atoms with E-state index < -0.39 is 11.6 Å². The second-order valence-electron chi connectivity index (χ2n) is 4.68. The minimum atomic E-state index is -0.873. The molecule has 0 heterocycles. The van der Waals surface area contributed by atoms with Gasteiger partial charge >= 0.3 is 5.97 Å². The van der Waals surface area contributed by atoms with Gasteiger partial charge < -0.3 is 9.84 Å². The molecule has 1 rings (SSSR count). The first-order chi connectivity index (χ1) is 7.10. The zero-order chi connectivity index (χ0) is 11.3. The highest BCUT2D eigenvalue weighted by Gasteiger charge is 2.42. The van der Waals surface area contributed by atoms with Crippen molar-refractivity contribution in [2.45, 2.75) is 58.0 Å². The van der Waals surface area contributed by atoms with Gasteiger partial charge in [-0.25, -0.2) is 4.79 Å². The molecule has 3 nitrogen and oxygen atoms in total. The van der Waals surface area contributed by atoms with Crippen molar-refractivity contribution >= 4 is 5.97 Å². The lowest BCUT2D eigenvalue weighted by Crippen LogP contribution is -2.44. The van der Waals surface area contributed by atoms with Crippen molar-refractivity contribution in [3.63, 3.8) is 0 Å². The van der Waals surface area contributed by atoms with E-state index in [1.165, 1.54) is 0 Å². The van der Waals surface area contributed by atoms with Crippen LogP contribution in [0, 0.1) is 5.92 Å². The van der Waals surface area contributed by atoms with E-state index in [4.69, 9.17) is 4.74 Å². The third-order valence-electron chi connectivity index (χ3n) is 3.35. The van der Waals surface area contributed by atoms with Crippen LogP contribution >= 0.6 is 0 Å². The molecule has 0 atom stereocenters. The number of hydrogen-bond donors (Lipinski definition) is 1. The summed E-state index contributed by atoms with van der Waals surface area (Å²) in [5, 5.41) is 9.25. The molecule has 88 valence electrons. The van der Waals surface area contributed by atoms with E-state index >= 15 is 0 Å². The molecular weight excluding hydrogens is 192 g/mol. The van der Waals surface area contributed by atoms with Crippen LogP contribution in [0.5, 0.6) is 0 Å². The summed E-state index contributed by atoms with van der Waals surface area (Å²) in [5.41, 5.74) is -0.873. The van der Waals surface area contributed by atoms with Gasteiger partial charge in [0, 0.05) is 6.61 Å². The second kappa shape index (κ2) is 5.50. The molecule has 0 bridgehead atoms. The van der Waals surface area contributed by atoms with Crippen LogP contribution in [0.1, 0.15) is 52.4 Å². The lowest BCUT2D eigenvalue weighted by Gasteiger charge is -2.35. The Bertz CT molecular complexity index is 205. The SMILES string of the molecule is CCCCOC1(C(=O)O)CCC(C)CC1. The van der Waals surface area contributed by atoms with Gasteiger partial charge in [-0.1, -0.05) is 20.3 Å². The number of hydrogen-bond acceptors (Lipinski definition) is 2. The number of carboxylic acid groups (broad SMARTS) is 1. The Balaban J connectivity index is 2.51. The van der Waals surface area contributed by atoms with E-state index in [0.29, 0.717) is 25.4 Å². The fraction of sp³-hybridized carbons (Fsp3) is 0.917. The molecule has 15 heavy (non-hydrogen) atoms. The van der Waals surface area contributed by atoms with Crippen molar-refractivity contribution in [1.29, 1.82) is 0 Å². The van der Waals surface area contributed by atoms with E-state index in [1.807, 2.05) is 0 Å². The molecule has 0 amide bonds. The van der Waals surface area contributed by atoms with Crippen LogP contribution < -0.4 is 0 Å². The van der Waals surface area contributed by atoms with E-state index in [1.54, 1.807) is 0 Å². The van der Waals surface area contributed by atoms with Crippen LogP contribution in [0.15, 0.2) is 0 Å². The topological polar surface area (TPSA) is 46.5 Å². The third kappa shape index (κ3) is 3.20. The first-order valence-corrected chi connectivity index (χ1v) is 5.98. The molecule has 0 aliphatic heterocycles. The Kier molecular flexibility index (Phi) is 4.58. The molecule has 0 aromatic heterocycles. The molecular formula is C12H22O3. The number of rotatable bonds is 5. The Hall–Kier alpha value is -0.570. The van der Waals surface area contributed by atoms with Crippen molar-refractivity contribution in [2.24, 2.45) is 5.92 Å². The lowest BCUT2D eigenvalue weighted by molar-refractivity contribution is -0.172. The minimum Gasteiger partial charge on any atom is -0.479 e. The fourth-order valence-electron chi connectivity index (χ4n) is 2.06. The molecule has 1 N–H and O–H groups in total. The Morgan fingerprint density at radius 1 is 1.47 bits per heavy atom. The largest absolute Gasteiger partial charge is 0.479 e. The van der Waals surface area contributed by atoms with Gasteiger partial charge in [0.25, 0.3) is 0 Å². The molecule has 0 unspecified atom stereocenters. The molecule has 1 aliphatic rings. The Morgan fingerprint density at radius 3 is 2.53 bits per heavy atom. The number of ether oxygens (including phenoxy) is 1. The summed E-state index contributed by atoms with van der Waals surface area (Å²) in [4.78, 5) is 11.3. The van der Waals surface area contributed by atoms with Gasteiger partial charge in [-0.3, -0.25) is 0 Å². The lowest BCUT2D eigenvalue weighted by atomic mass is 9.79. The molecule has 1 fully saturated rings. The van der Waals surface area contributed by atoms with E-state index in [9.17, 15) is 9.90 Å². The molecule has 0 radical (unpaired) electrons. The van der Waals surface area contributed by atoms with Gasteiger partial charge in [-0.2, -0.15) is 0 Å². The highest BCUT2D eigenvalue weighted by atomic mass is 16.5. The van der Waals surface area contributed by atoms with Crippen molar-refractivity contribution in [2.75, 3.05) is 6.61 Å². The standard InChI is InChI=1S/C12H22O3/c1-3-4-9-15-12(11(13)14)7-5-10(2)6-8-12/h10H,3-9H2,1-2H3,(H,13,14). The summed E-state index contributed by atoms with van der Waals surface area (Å²) in [7, 11) is 0. The first kappa shape index (κ1) is 12.5. The molecule has 3 heteroatoms. The van der Waals surface area contributed by atoms with Crippen LogP contribution in [-0.2, 0) is 9.53 Å². The summed E-state index contributed by atoms with van der Waals surface area (Å²) in [6.07, 6.45) is 5.29. The van der Waals surface area contributed by atoms with Crippen molar-refractivity contribution in [3.8, 4) is 0 Å². The third-order valence-corrected chi connectivity index (χ3v) is 3.35. The fourth-order valence-corrected chi connectivity index (χ4v) is 2.06. The molecule has 1 aliphatic carbocycles. The van der Waals surface area contributed by atoms with Crippen molar-refractivity contribution < 1.29 is 14.6 Å². The van der Waals surface area contributed by atoms with Gasteiger partial charge in [0.15, 0.2) is 5.60 Å². The van der Waals surface area contributed by atoms with E-state index in [0.717, 1.165) is 25.7 Å². The van der Waals surface area contributed by atoms with Crippen molar-refractivity contribution in [1.82, 2.24) is 0 Å². The quantitative estimate of drug-likeness (QED) is 0.716. The summed E-state index contributed by atoms with van der Waals surface area (Å²) < 4.78 is 5.62. The number of carbonyl (C=O) groups is 1. The van der Waals surface area contributed by atoms with Gasteiger partial charge in [-0.05, 0) is 38.0 Å². The maximum absolute atomic E-state index is 11.3. The average Bonchev–Trinajstić information content (AvgIpc) is 2.21. The van der Waals surface area contributed by atoms with Gasteiger partial charge in [0.05, 0.1) is 0 Å². The second-order valence-corrected chi connectivity index (χ2v) is 4.68. The smallest absolute Gasteiger partial charge is 0.335 e. The summed E-state index contributed by atoms with van der Waals surface area (Å²) in [5.74, 6) is -0.127. The first-order valence-electron chi connectivity index (χ1n) is 5.98. The number of carboxylic acids is 1. The molecule has 0 saturated heterocycles. The molecule has 1 saturated carbocycles. The molecule has 0 aromatic rings. The Morgan fingerprint density at radius 2 is 2.07 bits per heavy atom. The predicted octanol–water partition coefficient (Wildman–Crippen LogP) is 2.84. The monoisotopic (exact) mass is 214 g/mol. The summed E-state index contributed by atoms with van der Waals surface area (Å²) >= 11 is 0. The van der Waals surface area contributed by atoms with Crippen molar-refractivity contribution in [3.05, 3.63) is 0 Å². The van der Waals surface area contributed by atoms with Crippen LogP contribution in [0.2, 0.25) is 0 Å². The summed E-state index contributed by atoms with van der Waals surface area (Å²) in [6.45, 7) is 4.84. The number of unbranched alkanes of at least 4 members (excludes halogenated alkanes) is 1. The molecule has 0 aromatic carbocycles. The minimum absolute atomic E-state index is 0.581. The van der Waals surface area contributed by atoms with Crippen LogP contribution in [-0.4, -0.2) is 23.3 Å². The van der Waals surface area contributed by atoms with Gasteiger partial charge in [0.1, 0.15) is 0 Å². The van der Waals surface area contributed by atoms with E-state index in [-0.39, 0.29) is 0 Å². The highest BCUT2D eigenvalue weighted by molar-refractivity contribution is 5.77. The maximum Gasteiger partial charge on any atom is 0.335 e. The highest BCUT2D eigenvalue weighted by Crippen LogP contribution is 2.35. The Labute approximate surface area is 91.8 Å². The summed E-state index contributed by atoms with van der Waals surface area (Å²) in [6, 6.07) is 0. The van der Waals surface area contributed by atoms with E-state index in [2.05, 4.69) is 13.8 Å². The van der Waals surface area contributed by atoms with Gasteiger partial charge in [-0.15, -0.1) is 0 Å². The number of aliphatic carboxylic acids is 1. The molecule has 0 spiro atoms.